The summed E-state index contributed by atoms with van der Waals surface area (Å²) in [6.45, 7) is 7.52. The van der Waals surface area contributed by atoms with Gasteiger partial charge in [-0.25, -0.2) is 0 Å². The summed E-state index contributed by atoms with van der Waals surface area (Å²) < 4.78 is 0. The van der Waals surface area contributed by atoms with Crippen LogP contribution in [0.25, 0.3) is 22.5 Å². The normalized spacial score (nSPS) is 12.7. The molecule has 2 amide bonds. The maximum atomic E-state index is 12.8. The highest BCUT2D eigenvalue weighted by Crippen LogP contribution is 2.29. The molecule has 0 bridgehead atoms. The lowest BCUT2D eigenvalue weighted by molar-refractivity contribution is -0.132. The molecule has 0 saturated heterocycles. The summed E-state index contributed by atoms with van der Waals surface area (Å²) >= 11 is 4.36. The molecule has 2 aromatic carbocycles. The minimum absolute atomic E-state index is 0.00635. The second-order valence-corrected chi connectivity index (χ2v) is 9.37. The molecule has 0 saturated carbocycles. The zero-order valence-electron chi connectivity index (χ0n) is 21.3. The molecule has 36 heavy (non-hydrogen) atoms. The predicted molar refractivity (Wildman–Crippen MR) is 145 cm³/mol. The number of carbonyl (C=O) groups excluding carboxylic acids is 2. The Labute approximate surface area is 218 Å². The van der Waals surface area contributed by atoms with Gasteiger partial charge in [-0.2, -0.15) is 17.8 Å². The van der Waals surface area contributed by atoms with Crippen LogP contribution in [0.3, 0.4) is 0 Å². The van der Waals surface area contributed by atoms with Crippen molar-refractivity contribution in [2.24, 2.45) is 11.8 Å². The number of nitrogens with one attached hydrogen (secondary N) is 2. The Balaban J connectivity index is 1.68. The number of aromatic amines is 1. The lowest BCUT2D eigenvalue weighted by atomic mass is 9.92. The minimum atomic E-state index is -0.124. The zero-order chi connectivity index (χ0) is 25.9. The van der Waals surface area contributed by atoms with Crippen LogP contribution in [0.5, 0.6) is 0 Å². The number of carbonyl (C=O) groups is 2. The van der Waals surface area contributed by atoms with Crippen molar-refractivity contribution >= 4 is 24.4 Å². The van der Waals surface area contributed by atoms with Crippen LogP contribution in [0, 0.1) is 11.8 Å². The molecular formula is C27H36N6O2S. The molecular weight excluding hydrogens is 472 g/mol. The van der Waals surface area contributed by atoms with Gasteiger partial charge in [0.1, 0.15) is 0 Å². The van der Waals surface area contributed by atoms with Crippen LogP contribution in [0.15, 0.2) is 48.5 Å². The van der Waals surface area contributed by atoms with Gasteiger partial charge in [-0.05, 0) is 34.2 Å². The molecule has 1 aromatic heterocycles. The average molecular weight is 509 g/mol. The van der Waals surface area contributed by atoms with Crippen molar-refractivity contribution in [3.8, 4) is 22.5 Å². The summed E-state index contributed by atoms with van der Waals surface area (Å²) in [4.78, 5) is 27.3. The molecule has 2 atom stereocenters. The topological polar surface area (TPSA) is 104 Å². The van der Waals surface area contributed by atoms with Gasteiger partial charge >= 0.3 is 0 Å². The van der Waals surface area contributed by atoms with Crippen molar-refractivity contribution in [1.29, 1.82) is 0 Å². The molecule has 1 heterocycles. The number of hydrogen-bond acceptors (Lipinski definition) is 6. The smallest absolute Gasteiger partial charge is 0.224 e. The van der Waals surface area contributed by atoms with E-state index in [9.17, 15) is 9.59 Å². The summed E-state index contributed by atoms with van der Waals surface area (Å²) in [7, 11) is 0. The Kier molecular flexibility index (Phi) is 10.5. The number of benzene rings is 2. The highest BCUT2D eigenvalue weighted by Gasteiger charge is 2.22. The molecule has 9 heteroatoms. The van der Waals surface area contributed by atoms with E-state index in [1.54, 1.807) is 0 Å². The van der Waals surface area contributed by atoms with Crippen molar-refractivity contribution in [3.63, 3.8) is 0 Å². The number of H-pyrrole nitrogens is 1. The molecule has 0 spiro atoms. The fourth-order valence-corrected chi connectivity index (χ4v) is 4.66. The quantitative estimate of drug-likeness (QED) is 0.298. The molecule has 192 valence electrons. The van der Waals surface area contributed by atoms with Gasteiger partial charge in [0.2, 0.25) is 17.6 Å². The SMILES string of the molecule is CCCC(=O)N(CCNC(=O)C(CS)C(C)CC)Cc1ccc(-c2ccccc2-c2nn[nH]n2)cc1. The third-order valence-corrected chi connectivity index (χ3v) is 6.91. The molecule has 0 aliphatic rings. The van der Waals surface area contributed by atoms with Crippen LogP contribution >= 0.6 is 12.6 Å². The first-order chi connectivity index (χ1) is 17.5. The summed E-state index contributed by atoms with van der Waals surface area (Å²) in [5.41, 5.74) is 3.96. The maximum Gasteiger partial charge on any atom is 0.224 e. The van der Waals surface area contributed by atoms with E-state index in [0.29, 0.717) is 37.6 Å². The monoisotopic (exact) mass is 508 g/mol. The molecule has 2 unspecified atom stereocenters. The van der Waals surface area contributed by atoms with Gasteiger partial charge < -0.3 is 10.2 Å². The Bertz CT molecular complexity index is 1100. The van der Waals surface area contributed by atoms with Crippen LogP contribution in [0.2, 0.25) is 0 Å². The second-order valence-electron chi connectivity index (χ2n) is 9.01. The lowest BCUT2D eigenvalue weighted by Crippen LogP contribution is -2.41. The van der Waals surface area contributed by atoms with Gasteiger partial charge in [0.15, 0.2) is 0 Å². The number of hydrogen-bond donors (Lipinski definition) is 3. The Hall–Kier alpha value is -3.20. The van der Waals surface area contributed by atoms with Gasteiger partial charge in [0.05, 0.1) is 0 Å². The number of thiol groups is 1. The Morgan fingerprint density at radius 2 is 1.81 bits per heavy atom. The van der Waals surface area contributed by atoms with E-state index in [1.807, 2.05) is 60.4 Å². The predicted octanol–water partition coefficient (Wildman–Crippen LogP) is 4.37. The molecule has 2 N–H and O–H groups in total. The fraction of sp³-hybridized carbons (Fsp3) is 0.444. The van der Waals surface area contributed by atoms with E-state index < -0.39 is 0 Å². The largest absolute Gasteiger partial charge is 0.354 e. The number of aromatic nitrogens is 4. The summed E-state index contributed by atoms with van der Waals surface area (Å²) in [6, 6.07) is 16.1. The summed E-state index contributed by atoms with van der Waals surface area (Å²) in [6.07, 6.45) is 2.19. The first kappa shape index (κ1) is 27.4. The van der Waals surface area contributed by atoms with E-state index in [1.165, 1.54) is 0 Å². The zero-order valence-corrected chi connectivity index (χ0v) is 22.2. The third kappa shape index (κ3) is 7.16. The summed E-state index contributed by atoms with van der Waals surface area (Å²) in [5.74, 6) is 1.30. The minimum Gasteiger partial charge on any atom is -0.354 e. The van der Waals surface area contributed by atoms with Crippen LogP contribution < -0.4 is 5.32 Å². The Morgan fingerprint density at radius 1 is 1.08 bits per heavy atom. The van der Waals surface area contributed by atoms with Crippen LogP contribution in [0.4, 0.5) is 0 Å². The van der Waals surface area contributed by atoms with Crippen molar-refractivity contribution < 1.29 is 9.59 Å². The molecule has 0 aliphatic heterocycles. The van der Waals surface area contributed by atoms with Gasteiger partial charge in [-0.15, -0.1) is 10.2 Å². The van der Waals surface area contributed by atoms with Crippen molar-refractivity contribution in [2.75, 3.05) is 18.8 Å². The standard InChI is InChI=1S/C27H36N6O2S/c1-4-8-25(34)33(16-15-28-27(35)24(18-36)19(3)5-2)17-20-11-13-21(14-12-20)22-9-6-7-10-23(22)26-29-31-32-30-26/h6-7,9-14,19,24,36H,4-5,8,15-18H2,1-3H3,(H,28,35)(H,29,30,31,32). The van der Waals surface area contributed by atoms with Gasteiger partial charge in [-0.3, -0.25) is 9.59 Å². The number of tetrazole rings is 1. The van der Waals surface area contributed by atoms with Crippen LogP contribution in [-0.2, 0) is 16.1 Å². The molecule has 8 nitrogen and oxygen atoms in total. The Morgan fingerprint density at radius 3 is 2.42 bits per heavy atom. The highest BCUT2D eigenvalue weighted by molar-refractivity contribution is 7.80. The first-order valence-corrected chi connectivity index (χ1v) is 13.2. The van der Waals surface area contributed by atoms with Crippen molar-refractivity contribution in [2.45, 2.75) is 46.6 Å². The van der Waals surface area contributed by atoms with Crippen LogP contribution in [0.1, 0.15) is 45.6 Å². The molecule has 0 fully saturated rings. The van der Waals surface area contributed by atoms with E-state index >= 15 is 0 Å². The molecule has 3 rings (SSSR count). The van der Waals surface area contributed by atoms with E-state index in [0.717, 1.165) is 35.1 Å². The van der Waals surface area contributed by atoms with Crippen LogP contribution in [-0.4, -0.2) is 56.2 Å². The molecule has 3 aromatic rings. The lowest BCUT2D eigenvalue weighted by Gasteiger charge is -2.25. The highest BCUT2D eigenvalue weighted by atomic mass is 32.1. The summed E-state index contributed by atoms with van der Waals surface area (Å²) in [5, 5.41) is 17.4. The fourth-order valence-electron chi connectivity index (χ4n) is 4.13. The second kappa shape index (κ2) is 13.8. The average Bonchev–Trinajstić information content (AvgIpc) is 3.44. The molecule has 0 aliphatic carbocycles. The van der Waals surface area contributed by atoms with Gasteiger partial charge in [-0.1, -0.05) is 75.7 Å². The van der Waals surface area contributed by atoms with Gasteiger partial charge in [0.25, 0.3) is 0 Å². The van der Waals surface area contributed by atoms with E-state index in [4.69, 9.17) is 0 Å². The first-order valence-electron chi connectivity index (χ1n) is 12.6. The van der Waals surface area contributed by atoms with Crippen molar-refractivity contribution in [1.82, 2.24) is 30.8 Å². The van der Waals surface area contributed by atoms with Gasteiger partial charge in [0, 0.05) is 43.3 Å². The maximum absolute atomic E-state index is 12.8. The van der Waals surface area contributed by atoms with E-state index in [-0.39, 0.29) is 23.7 Å². The number of rotatable bonds is 13. The van der Waals surface area contributed by atoms with Crippen molar-refractivity contribution in [3.05, 3.63) is 54.1 Å². The third-order valence-electron chi connectivity index (χ3n) is 6.51. The van der Waals surface area contributed by atoms with E-state index in [2.05, 4.69) is 52.4 Å². The number of nitrogens with zero attached hydrogens (tertiary/aromatic N) is 4. The molecule has 0 radical (unpaired) electrons. The number of amides is 2.